The molecule has 0 bridgehead atoms. The molecule has 2 rings (SSSR count). The van der Waals surface area contributed by atoms with Gasteiger partial charge in [-0.25, -0.2) is 0 Å². The van der Waals surface area contributed by atoms with Gasteiger partial charge in [-0.3, -0.25) is 4.79 Å². The van der Waals surface area contributed by atoms with E-state index in [1.807, 2.05) is 0 Å². The molecule has 0 saturated heterocycles. The molecule has 0 amide bonds. The van der Waals surface area contributed by atoms with Gasteiger partial charge in [0.05, 0.1) is 14.2 Å². The Labute approximate surface area is 148 Å². The molecule has 7 heteroatoms. The van der Waals surface area contributed by atoms with Crippen molar-refractivity contribution in [3.8, 4) is 17.2 Å². The van der Waals surface area contributed by atoms with Crippen LogP contribution in [0.2, 0.25) is 5.02 Å². The first kappa shape index (κ1) is 18.7. The summed E-state index contributed by atoms with van der Waals surface area (Å²) in [6.45, 7) is -3.02. The summed E-state index contributed by atoms with van der Waals surface area (Å²) in [5.41, 5.74) is 0.950. The zero-order valence-electron chi connectivity index (χ0n) is 13.5. The fraction of sp³-hybridized carbons (Fsp3) is 0.167. The standard InChI is InChI=1S/C18H15ClF2O4/c1-23-15-8-11(9-16(24-2)17(15)25-18(20)21)6-7-14(22)12-4-3-5-13(19)10-12/h3-10,18H,1-2H3/b7-6+. The first-order valence-electron chi connectivity index (χ1n) is 7.13. The van der Waals surface area contributed by atoms with Gasteiger partial charge >= 0.3 is 6.61 Å². The number of halogens is 3. The normalized spacial score (nSPS) is 11.0. The lowest BCUT2D eigenvalue weighted by atomic mass is 10.1. The zero-order valence-corrected chi connectivity index (χ0v) is 14.2. The molecule has 2 aromatic rings. The highest BCUT2D eigenvalue weighted by molar-refractivity contribution is 6.31. The molecule has 0 fully saturated rings. The van der Waals surface area contributed by atoms with Crippen LogP contribution in [0.5, 0.6) is 17.2 Å². The van der Waals surface area contributed by atoms with E-state index in [1.165, 1.54) is 38.5 Å². The third-order valence-electron chi connectivity index (χ3n) is 3.23. The summed E-state index contributed by atoms with van der Waals surface area (Å²) in [4.78, 5) is 12.2. The van der Waals surface area contributed by atoms with Crippen molar-refractivity contribution in [2.45, 2.75) is 6.61 Å². The number of hydrogen-bond acceptors (Lipinski definition) is 4. The van der Waals surface area contributed by atoms with Crippen molar-refractivity contribution >= 4 is 23.5 Å². The van der Waals surface area contributed by atoms with Crippen LogP contribution in [-0.4, -0.2) is 26.6 Å². The van der Waals surface area contributed by atoms with Gasteiger partial charge in [0.25, 0.3) is 0 Å². The number of carbonyl (C=O) groups is 1. The smallest absolute Gasteiger partial charge is 0.387 e. The zero-order chi connectivity index (χ0) is 18.4. The van der Waals surface area contributed by atoms with Crippen LogP contribution in [0.25, 0.3) is 6.08 Å². The predicted molar refractivity (Wildman–Crippen MR) is 91.0 cm³/mol. The molecule has 2 aromatic carbocycles. The van der Waals surface area contributed by atoms with Crippen molar-refractivity contribution in [2.24, 2.45) is 0 Å². The Hall–Kier alpha value is -2.60. The van der Waals surface area contributed by atoms with Crippen molar-refractivity contribution < 1.29 is 27.8 Å². The highest BCUT2D eigenvalue weighted by Crippen LogP contribution is 2.39. The number of ether oxygens (including phenoxy) is 3. The average Bonchev–Trinajstić information content (AvgIpc) is 2.59. The van der Waals surface area contributed by atoms with Gasteiger partial charge < -0.3 is 14.2 Å². The summed E-state index contributed by atoms with van der Waals surface area (Å²) in [6, 6.07) is 9.45. The number of carbonyl (C=O) groups excluding carboxylic acids is 1. The van der Waals surface area contributed by atoms with Gasteiger partial charge in [-0.15, -0.1) is 0 Å². The Balaban J connectivity index is 2.31. The fourth-order valence-corrected chi connectivity index (χ4v) is 2.30. The maximum Gasteiger partial charge on any atom is 0.387 e. The van der Waals surface area contributed by atoms with E-state index in [1.54, 1.807) is 24.3 Å². The lowest BCUT2D eigenvalue weighted by Crippen LogP contribution is -2.05. The fourth-order valence-electron chi connectivity index (χ4n) is 2.11. The molecule has 4 nitrogen and oxygen atoms in total. The highest BCUT2D eigenvalue weighted by Gasteiger charge is 2.17. The molecule has 0 spiro atoms. The van der Waals surface area contributed by atoms with Gasteiger partial charge in [0.2, 0.25) is 5.75 Å². The molecule has 0 atom stereocenters. The van der Waals surface area contributed by atoms with Crippen LogP contribution in [0.3, 0.4) is 0 Å². The molecule has 0 aliphatic heterocycles. The molecule has 0 unspecified atom stereocenters. The number of benzene rings is 2. The lowest BCUT2D eigenvalue weighted by molar-refractivity contribution is -0.0526. The Morgan fingerprint density at radius 3 is 2.28 bits per heavy atom. The van der Waals surface area contributed by atoms with Crippen molar-refractivity contribution in [1.29, 1.82) is 0 Å². The number of rotatable bonds is 7. The monoisotopic (exact) mass is 368 g/mol. The van der Waals surface area contributed by atoms with Crippen LogP contribution < -0.4 is 14.2 Å². The predicted octanol–water partition coefficient (Wildman–Crippen LogP) is 4.85. The van der Waals surface area contributed by atoms with Crippen molar-refractivity contribution in [3.05, 3.63) is 58.6 Å². The van der Waals surface area contributed by atoms with E-state index in [0.29, 0.717) is 16.1 Å². The Morgan fingerprint density at radius 2 is 1.76 bits per heavy atom. The third-order valence-corrected chi connectivity index (χ3v) is 3.46. The first-order valence-corrected chi connectivity index (χ1v) is 7.51. The van der Waals surface area contributed by atoms with Crippen molar-refractivity contribution in [3.63, 3.8) is 0 Å². The lowest BCUT2D eigenvalue weighted by Gasteiger charge is -2.14. The van der Waals surface area contributed by atoms with E-state index >= 15 is 0 Å². The van der Waals surface area contributed by atoms with E-state index in [2.05, 4.69) is 4.74 Å². The molecule has 0 radical (unpaired) electrons. The van der Waals surface area contributed by atoms with E-state index in [-0.39, 0.29) is 23.0 Å². The summed E-state index contributed by atoms with van der Waals surface area (Å²) in [5, 5.41) is 0.455. The highest BCUT2D eigenvalue weighted by atomic mass is 35.5. The second-order valence-corrected chi connectivity index (χ2v) is 5.28. The number of allylic oxidation sites excluding steroid dienone is 1. The topological polar surface area (TPSA) is 44.8 Å². The van der Waals surface area contributed by atoms with Gasteiger partial charge in [-0.1, -0.05) is 29.8 Å². The molecular weight excluding hydrogens is 354 g/mol. The first-order chi connectivity index (χ1) is 11.9. The minimum Gasteiger partial charge on any atom is -0.493 e. The summed E-state index contributed by atoms with van der Waals surface area (Å²) >= 11 is 5.86. The van der Waals surface area contributed by atoms with E-state index in [9.17, 15) is 13.6 Å². The molecular formula is C18H15ClF2O4. The van der Waals surface area contributed by atoms with Crippen LogP contribution in [0.1, 0.15) is 15.9 Å². The van der Waals surface area contributed by atoms with Crippen molar-refractivity contribution in [2.75, 3.05) is 14.2 Å². The van der Waals surface area contributed by atoms with Gasteiger partial charge in [0.1, 0.15) is 0 Å². The Morgan fingerprint density at radius 1 is 1.12 bits per heavy atom. The summed E-state index contributed by atoms with van der Waals surface area (Å²) in [6.07, 6.45) is 2.86. The van der Waals surface area contributed by atoms with E-state index < -0.39 is 6.61 Å². The quantitative estimate of drug-likeness (QED) is 0.517. The summed E-state index contributed by atoms with van der Waals surface area (Å²) < 4.78 is 39.6. The van der Waals surface area contributed by atoms with Gasteiger partial charge in [0, 0.05) is 10.6 Å². The minimum absolute atomic E-state index is 0.0644. The molecule has 0 aliphatic carbocycles. The Bertz CT molecular complexity index is 765. The van der Waals surface area contributed by atoms with E-state index in [0.717, 1.165) is 0 Å². The van der Waals surface area contributed by atoms with E-state index in [4.69, 9.17) is 21.1 Å². The minimum atomic E-state index is -3.02. The molecule has 0 heterocycles. The number of alkyl halides is 2. The van der Waals surface area contributed by atoms with Gasteiger partial charge in [-0.2, -0.15) is 8.78 Å². The average molecular weight is 369 g/mol. The van der Waals surface area contributed by atoms with Gasteiger partial charge in [0.15, 0.2) is 17.3 Å². The molecule has 0 aromatic heterocycles. The number of methoxy groups -OCH3 is 2. The van der Waals surface area contributed by atoms with Crippen LogP contribution in [0, 0.1) is 0 Å². The van der Waals surface area contributed by atoms with Crippen LogP contribution in [0.15, 0.2) is 42.5 Å². The van der Waals surface area contributed by atoms with Gasteiger partial charge in [-0.05, 0) is 35.9 Å². The van der Waals surface area contributed by atoms with Crippen LogP contribution in [-0.2, 0) is 0 Å². The summed E-state index contributed by atoms with van der Waals surface area (Å²) in [5.74, 6) is -0.337. The summed E-state index contributed by atoms with van der Waals surface area (Å²) in [7, 11) is 2.63. The van der Waals surface area contributed by atoms with Crippen LogP contribution in [0.4, 0.5) is 8.78 Å². The maximum atomic E-state index is 12.5. The van der Waals surface area contributed by atoms with Crippen LogP contribution >= 0.6 is 11.6 Å². The Kier molecular flexibility index (Phi) is 6.36. The SMILES string of the molecule is COc1cc(/C=C/C(=O)c2cccc(Cl)c2)cc(OC)c1OC(F)F. The van der Waals surface area contributed by atoms with Crippen molar-refractivity contribution in [1.82, 2.24) is 0 Å². The molecule has 0 saturated carbocycles. The number of hydrogen-bond donors (Lipinski definition) is 0. The second-order valence-electron chi connectivity index (χ2n) is 4.84. The third kappa shape index (κ3) is 4.93. The molecule has 0 N–H and O–H groups in total. The second kappa shape index (κ2) is 8.48. The largest absolute Gasteiger partial charge is 0.493 e. The maximum absolute atomic E-state index is 12.5. The molecule has 132 valence electrons. The molecule has 25 heavy (non-hydrogen) atoms. The molecule has 0 aliphatic rings. The number of ketones is 1.